The van der Waals surface area contributed by atoms with Crippen molar-refractivity contribution in [1.29, 1.82) is 0 Å². The molecule has 1 heterocycles. The van der Waals surface area contributed by atoms with Crippen molar-refractivity contribution < 1.29 is 26.7 Å². The van der Waals surface area contributed by atoms with Gasteiger partial charge in [-0.05, 0) is 36.2 Å². The van der Waals surface area contributed by atoms with Crippen molar-refractivity contribution in [1.82, 2.24) is 4.90 Å². The molecule has 0 N–H and O–H groups in total. The van der Waals surface area contributed by atoms with Crippen LogP contribution >= 0.6 is 0 Å². The van der Waals surface area contributed by atoms with Crippen LogP contribution in [-0.2, 0) is 21.2 Å². The molecule has 0 aliphatic carbocycles. The zero-order valence-electron chi connectivity index (χ0n) is 15.9. The van der Waals surface area contributed by atoms with Crippen molar-refractivity contribution in [2.75, 3.05) is 37.7 Å². The first kappa shape index (κ1) is 21.2. The van der Waals surface area contributed by atoms with Crippen molar-refractivity contribution in [3.05, 3.63) is 59.7 Å². The number of methoxy groups -OCH3 is 1. The molecule has 0 atom stereocenters. The Kier molecular flexibility index (Phi) is 6.49. The van der Waals surface area contributed by atoms with Gasteiger partial charge < -0.3 is 9.64 Å². The molecule has 2 aromatic rings. The fraction of sp³-hybridized carbons (Fsp3) is 0.350. The average Bonchev–Trinajstić information content (AvgIpc) is 3.15. The van der Waals surface area contributed by atoms with E-state index in [0.717, 1.165) is 10.5 Å². The van der Waals surface area contributed by atoms with Gasteiger partial charge in [-0.3, -0.25) is 9.10 Å². The van der Waals surface area contributed by atoms with E-state index in [0.29, 0.717) is 18.7 Å². The summed E-state index contributed by atoms with van der Waals surface area (Å²) in [4.78, 5) is 13.6. The third kappa shape index (κ3) is 4.56. The molecular weight excluding hydrogens is 402 g/mol. The number of para-hydroxylation sites is 1. The number of hydrogen-bond acceptors (Lipinski definition) is 4. The zero-order valence-corrected chi connectivity index (χ0v) is 16.7. The molecule has 2 aromatic carbocycles. The summed E-state index contributed by atoms with van der Waals surface area (Å²) in [7, 11) is -2.48. The number of carbonyl (C=O) groups excluding carboxylic acids is 1. The van der Waals surface area contributed by atoms with Crippen LogP contribution in [0.15, 0.2) is 53.4 Å². The zero-order chi connectivity index (χ0) is 21.0. The number of benzene rings is 2. The topological polar surface area (TPSA) is 66.9 Å². The number of rotatable bonds is 8. The Hall–Kier alpha value is -2.52. The highest BCUT2D eigenvalue weighted by Gasteiger charge is 2.31. The van der Waals surface area contributed by atoms with Crippen LogP contribution in [0.1, 0.15) is 15.9 Å². The second-order valence-corrected chi connectivity index (χ2v) is 8.48. The predicted molar refractivity (Wildman–Crippen MR) is 105 cm³/mol. The highest BCUT2D eigenvalue weighted by Crippen LogP contribution is 2.32. The normalized spacial score (nSPS) is 13.6. The van der Waals surface area contributed by atoms with Gasteiger partial charge in [-0.15, -0.1) is 0 Å². The number of hydrogen-bond donors (Lipinski definition) is 0. The Labute approximate surface area is 168 Å². The molecule has 1 amide bonds. The molecule has 0 fully saturated rings. The quantitative estimate of drug-likeness (QED) is 0.654. The van der Waals surface area contributed by atoms with Gasteiger partial charge in [-0.25, -0.2) is 17.2 Å². The average molecular weight is 424 g/mol. The number of anilines is 1. The lowest BCUT2D eigenvalue weighted by Crippen LogP contribution is -2.37. The minimum atomic E-state index is -3.88. The van der Waals surface area contributed by atoms with Crippen LogP contribution in [0.4, 0.5) is 14.5 Å². The summed E-state index contributed by atoms with van der Waals surface area (Å²) in [5, 5.41) is 0. The first-order valence-electron chi connectivity index (χ1n) is 9.11. The fourth-order valence-corrected chi connectivity index (χ4v) is 4.85. The number of fused-ring (bicyclic) bond motifs is 1. The molecule has 0 spiro atoms. The first-order valence-corrected chi connectivity index (χ1v) is 10.6. The summed E-state index contributed by atoms with van der Waals surface area (Å²) in [5.74, 6) is -0.666. The molecule has 0 radical (unpaired) electrons. The van der Waals surface area contributed by atoms with Gasteiger partial charge in [-0.2, -0.15) is 0 Å². The lowest BCUT2D eigenvalue weighted by atomic mass is 10.2. The number of amides is 1. The monoisotopic (exact) mass is 424 g/mol. The Morgan fingerprint density at radius 3 is 2.69 bits per heavy atom. The summed E-state index contributed by atoms with van der Waals surface area (Å²) in [6, 6.07) is 12.7. The SMILES string of the molecule is COCCN(CC(F)F)C(=O)c1cccc(S(=O)(=O)N2CCc3ccccc32)c1. The Balaban J connectivity index is 1.89. The van der Waals surface area contributed by atoms with Crippen LogP contribution in [0.2, 0.25) is 0 Å². The molecule has 6 nitrogen and oxygen atoms in total. The van der Waals surface area contributed by atoms with Crippen LogP contribution in [0.3, 0.4) is 0 Å². The highest BCUT2D eigenvalue weighted by molar-refractivity contribution is 7.92. The molecule has 1 aliphatic heterocycles. The molecular formula is C20H22F2N2O4S. The summed E-state index contributed by atoms with van der Waals surface area (Å²) in [5.41, 5.74) is 1.59. The van der Waals surface area contributed by atoms with Gasteiger partial charge >= 0.3 is 0 Å². The van der Waals surface area contributed by atoms with Gasteiger partial charge in [0.05, 0.1) is 23.7 Å². The van der Waals surface area contributed by atoms with Crippen molar-refractivity contribution in [2.24, 2.45) is 0 Å². The van der Waals surface area contributed by atoms with E-state index < -0.39 is 28.9 Å². The Morgan fingerprint density at radius 2 is 1.97 bits per heavy atom. The fourth-order valence-electron chi connectivity index (χ4n) is 3.30. The van der Waals surface area contributed by atoms with Gasteiger partial charge in [-0.1, -0.05) is 24.3 Å². The maximum absolute atomic E-state index is 13.2. The van der Waals surface area contributed by atoms with Crippen molar-refractivity contribution >= 4 is 21.6 Å². The Morgan fingerprint density at radius 1 is 1.21 bits per heavy atom. The second kappa shape index (κ2) is 8.87. The third-order valence-corrected chi connectivity index (χ3v) is 6.53. The van der Waals surface area contributed by atoms with E-state index in [9.17, 15) is 22.0 Å². The maximum Gasteiger partial charge on any atom is 0.264 e. The molecule has 1 aliphatic rings. The standard InChI is InChI=1S/C20H22F2N2O4S/c1-28-12-11-23(14-19(21)22)20(25)16-6-4-7-17(13-16)29(26,27)24-10-9-15-5-2-3-8-18(15)24/h2-8,13,19H,9-12,14H2,1H3. The number of ether oxygens (including phenoxy) is 1. The van der Waals surface area contributed by atoms with Gasteiger partial charge in [0.2, 0.25) is 0 Å². The summed E-state index contributed by atoms with van der Waals surface area (Å²) < 4.78 is 58.2. The number of alkyl halides is 2. The molecule has 3 rings (SSSR count). The minimum Gasteiger partial charge on any atom is -0.383 e. The van der Waals surface area contributed by atoms with E-state index in [1.807, 2.05) is 12.1 Å². The molecule has 0 saturated heterocycles. The molecule has 0 aromatic heterocycles. The van der Waals surface area contributed by atoms with E-state index in [-0.39, 0.29) is 23.6 Å². The van der Waals surface area contributed by atoms with Crippen molar-refractivity contribution in [3.8, 4) is 0 Å². The van der Waals surface area contributed by atoms with E-state index in [2.05, 4.69) is 0 Å². The highest BCUT2D eigenvalue weighted by atomic mass is 32.2. The lowest BCUT2D eigenvalue weighted by Gasteiger charge is -2.23. The van der Waals surface area contributed by atoms with Gasteiger partial charge in [0, 0.05) is 25.8 Å². The number of sulfonamides is 1. The number of nitrogens with zero attached hydrogens (tertiary/aromatic N) is 2. The second-order valence-electron chi connectivity index (χ2n) is 6.62. The van der Waals surface area contributed by atoms with E-state index in [4.69, 9.17) is 4.74 Å². The van der Waals surface area contributed by atoms with Crippen LogP contribution in [0.25, 0.3) is 0 Å². The van der Waals surface area contributed by atoms with Crippen LogP contribution in [0.5, 0.6) is 0 Å². The van der Waals surface area contributed by atoms with Crippen molar-refractivity contribution in [2.45, 2.75) is 17.7 Å². The van der Waals surface area contributed by atoms with E-state index in [1.54, 1.807) is 12.1 Å². The van der Waals surface area contributed by atoms with Crippen molar-refractivity contribution in [3.63, 3.8) is 0 Å². The maximum atomic E-state index is 13.2. The summed E-state index contributed by atoms with van der Waals surface area (Å²) in [6.45, 7) is -0.360. The third-order valence-electron chi connectivity index (χ3n) is 4.72. The van der Waals surface area contributed by atoms with Crippen LogP contribution in [-0.4, -0.2) is 59.0 Å². The van der Waals surface area contributed by atoms with Gasteiger partial charge in [0.1, 0.15) is 0 Å². The predicted octanol–water partition coefficient (Wildman–Crippen LogP) is 2.79. The van der Waals surface area contributed by atoms with Gasteiger partial charge in [0.25, 0.3) is 22.4 Å². The summed E-state index contributed by atoms with van der Waals surface area (Å²) in [6.07, 6.45) is -2.10. The van der Waals surface area contributed by atoms with E-state index >= 15 is 0 Å². The first-order chi connectivity index (χ1) is 13.8. The number of halogens is 2. The molecule has 29 heavy (non-hydrogen) atoms. The number of carbonyl (C=O) groups is 1. The molecule has 0 saturated carbocycles. The van der Waals surface area contributed by atoms with Crippen LogP contribution < -0.4 is 4.31 Å². The molecule has 156 valence electrons. The smallest absolute Gasteiger partial charge is 0.264 e. The van der Waals surface area contributed by atoms with Crippen LogP contribution in [0, 0.1) is 0 Å². The minimum absolute atomic E-state index is 0.0177. The largest absolute Gasteiger partial charge is 0.383 e. The van der Waals surface area contributed by atoms with Gasteiger partial charge in [0.15, 0.2) is 0 Å². The Bertz CT molecular complexity index is 982. The molecule has 0 bridgehead atoms. The van der Waals surface area contributed by atoms with E-state index in [1.165, 1.54) is 35.7 Å². The molecule has 9 heteroatoms. The molecule has 0 unspecified atom stereocenters. The summed E-state index contributed by atoms with van der Waals surface area (Å²) >= 11 is 0. The lowest BCUT2D eigenvalue weighted by molar-refractivity contribution is 0.0478.